The zero-order valence-electron chi connectivity index (χ0n) is 7.91. The maximum Gasteiger partial charge on any atom is 0.0840 e. The lowest BCUT2D eigenvalue weighted by atomic mass is 9.97. The van der Waals surface area contributed by atoms with E-state index in [-0.39, 0.29) is 0 Å². The number of rotatable bonds is 3. The van der Waals surface area contributed by atoms with Crippen LogP contribution in [0.15, 0.2) is 24.3 Å². The van der Waals surface area contributed by atoms with E-state index in [1.165, 1.54) is 0 Å². The lowest BCUT2D eigenvalue weighted by molar-refractivity contribution is 0.0783. The molecule has 3 nitrogen and oxygen atoms in total. The molecule has 0 aliphatic rings. The van der Waals surface area contributed by atoms with E-state index in [1.54, 1.807) is 13.8 Å². The predicted molar refractivity (Wildman–Crippen MR) is 50.3 cm³/mol. The number of hydrogen-bond acceptors (Lipinski definition) is 3. The first-order valence-corrected chi connectivity index (χ1v) is 4.23. The molecule has 0 aliphatic heterocycles. The maximum atomic E-state index is 9.70. The SMILES string of the molecule is CC(C)(O)c1cccc(CNO)c1. The van der Waals surface area contributed by atoms with E-state index >= 15 is 0 Å². The minimum atomic E-state index is -0.828. The van der Waals surface area contributed by atoms with Crippen LogP contribution in [0.25, 0.3) is 0 Å². The molecule has 0 aliphatic carbocycles. The monoisotopic (exact) mass is 181 g/mol. The van der Waals surface area contributed by atoms with Gasteiger partial charge in [0, 0.05) is 6.54 Å². The second-order valence-electron chi connectivity index (χ2n) is 3.59. The Bertz CT molecular complexity index is 278. The molecule has 0 heterocycles. The van der Waals surface area contributed by atoms with Crippen molar-refractivity contribution in [3.8, 4) is 0 Å². The van der Waals surface area contributed by atoms with Crippen LogP contribution in [0.3, 0.4) is 0 Å². The largest absolute Gasteiger partial charge is 0.386 e. The zero-order valence-corrected chi connectivity index (χ0v) is 7.91. The zero-order chi connectivity index (χ0) is 9.90. The van der Waals surface area contributed by atoms with Crippen LogP contribution in [-0.4, -0.2) is 10.3 Å². The third-order valence-electron chi connectivity index (χ3n) is 1.92. The van der Waals surface area contributed by atoms with Gasteiger partial charge in [-0.2, -0.15) is 0 Å². The van der Waals surface area contributed by atoms with E-state index in [0.29, 0.717) is 6.54 Å². The minimum absolute atomic E-state index is 0.393. The lowest BCUT2D eigenvalue weighted by Gasteiger charge is -2.18. The molecule has 3 N–H and O–H groups in total. The minimum Gasteiger partial charge on any atom is -0.386 e. The summed E-state index contributed by atoms with van der Waals surface area (Å²) in [5.41, 5.74) is 3.05. The highest BCUT2D eigenvalue weighted by Gasteiger charge is 2.15. The molecular formula is C10H15NO2. The quantitative estimate of drug-likeness (QED) is 0.618. The van der Waals surface area contributed by atoms with Crippen LogP contribution in [0.2, 0.25) is 0 Å². The van der Waals surface area contributed by atoms with Gasteiger partial charge >= 0.3 is 0 Å². The molecule has 0 aromatic heterocycles. The molecule has 0 saturated carbocycles. The van der Waals surface area contributed by atoms with Gasteiger partial charge in [0.1, 0.15) is 0 Å². The van der Waals surface area contributed by atoms with Crippen LogP contribution in [0.5, 0.6) is 0 Å². The van der Waals surface area contributed by atoms with Crippen molar-refractivity contribution in [2.45, 2.75) is 26.0 Å². The van der Waals surface area contributed by atoms with Crippen LogP contribution < -0.4 is 5.48 Å². The average Bonchev–Trinajstić information content (AvgIpc) is 2.04. The highest BCUT2D eigenvalue weighted by molar-refractivity contribution is 5.27. The van der Waals surface area contributed by atoms with Crippen molar-refractivity contribution in [3.05, 3.63) is 35.4 Å². The third-order valence-corrected chi connectivity index (χ3v) is 1.92. The van der Waals surface area contributed by atoms with Gasteiger partial charge < -0.3 is 10.3 Å². The van der Waals surface area contributed by atoms with E-state index in [2.05, 4.69) is 5.48 Å². The second kappa shape index (κ2) is 3.87. The van der Waals surface area contributed by atoms with Crippen LogP contribution in [0.1, 0.15) is 25.0 Å². The highest BCUT2D eigenvalue weighted by Crippen LogP contribution is 2.20. The van der Waals surface area contributed by atoms with Gasteiger partial charge in [0.15, 0.2) is 0 Å². The summed E-state index contributed by atoms with van der Waals surface area (Å²) >= 11 is 0. The summed E-state index contributed by atoms with van der Waals surface area (Å²) in [6.45, 7) is 3.86. The van der Waals surface area contributed by atoms with Gasteiger partial charge in [0.25, 0.3) is 0 Å². The molecule has 72 valence electrons. The van der Waals surface area contributed by atoms with Gasteiger partial charge in [-0.05, 0) is 25.0 Å². The van der Waals surface area contributed by atoms with Crippen molar-refractivity contribution in [1.82, 2.24) is 5.48 Å². The summed E-state index contributed by atoms with van der Waals surface area (Å²) in [5, 5.41) is 18.2. The Morgan fingerprint density at radius 2 is 2.08 bits per heavy atom. The summed E-state index contributed by atoms with van der Waals surface area (Å²) < 4.78 is 0. The summed E-state index contributed by atoms with van der Waals surface area (Å²) in [5.74, 6) is 0. The summed E-state index contributed by atoms with van der Waals surface area (Å²) in [7, 11) is 0. The molecule has 1 aromatic rings. The standard InChI is InChI=1S/C10H15NO2/c1-10(2,12)9-5-3-4-8(6-9)7-11-13/h3-6,11-13H,7H2,1-2H3. The first-order chi connectivity index (χ1) is 6.04. The molecule has 0 fully saturated rings. The average molecular weight is 181 g/mol. The van der Waals surface area contributed by atoms with Gasteiger partial charge in [0.05, 0.1) is 5.60 Å². The topological polar surface area (TPSA) is 52.5 Å². The van der Waals surface area contributed by atoms with Gasteiger partial charge in [-0.15, -0.1) is 0 Å². The number of aliphatic hydroxyl groups is 1. The van der Waals surface area contributed by atoms with E-state index in [0.717, 1.165) is 11.1 Å². The van der Waals surface area contributed by atoms with Crippen molar-refractivity contribution < 1.29 is 10.3 Å². The van der Waals surface area contributed by atoms with Crippen LogP contribution in [-0.2, 0) is 12.1 Å². The number of benzene rings is 1. The van der Waals surface area contributed by atoms with Crippen LogP contribution in [0.4, 0.5) is 0 Å². The normalized spacial score (nSPS) is 11.7. The number of hydrogen-bond donors (Lipinski definition) is 3. The van der Waals surface area contributed by atoms with Crippen molar-refractivity contribution in [2.75, 3.05) is 0 Å². The molecule has 0 unspecified atom stereocenters. The first-order valence-electron chi connectivity index (χ1n) is 4.23. The number of nitrogens with one attached hydrogen (secondary N) is 1. The Kier molecular flexibility index (Phi) is 3.03. The first kappa shape index (κ1) is 10.2. The molecule has 3 heteroatoms. The molecule has 0 saturated heterocycles. The van der Waals surface area contributed by atoms with Gasteiger partial charge in [-0.3, -0.25) is 0 Å². The maximum absolute atomic E-state index is 9.70. The van der Waals surface area contributed by atoms with E-state index in [9.17, 15) is 5.11 Å². The molecule has 0 atom stereocenters. The fourth-order valence-electron chi connectivity index (χ4n) is 1.15. The third kappa shape index (κ3) is 2.81. The fraction of sp³-hybridized carbons (Fsp3) is 0.400. The Labute approximate surface area is 78.0 Å². The number of hydroxylamine groups is 1. The Balaban J connectivity index is 2.92. The Hall–Kier alpha value is -0.900. The molecule has 1 rings (SSSR count). The summed E-state index contributed by atoms with van der Waals surface area (Å²) in [4.78, 5) is 0. The second-order valence-corrected chi connectivity index (χ2v) is 3.59. The van der Waals surface area contributed by atoms with Crippen molar-refractivity contribution >= 4 is 0 Å². The van der Waals surface area contributed by atoms with Gasteiger partial charge in [-0.25, -0.2) is 5.48 Å². The molecule has 1 aromatic carbocycles. The Morgan fingerprint density at radius 3 is 2.62 bits per heavy atom. The van der Waals surface area contributed by atoms with Crippen LogP contribution >= 0.6 is 0 Å². The van der Waals surface area contributed by atoms with E-state index < -0.39 is 5.60 Å². The van der Waals surface area contributed by atoms with Crippen LogP contribution in [0, 0.1) is 0 Å². The highest BCUT2D eigenvalue weighted by atomic mass is 16.5. The lowest BCUT2D eigenvalue weighted by Crippen LogP contribution is -2.16. The summed E-state index contributed by atoms with van der Waals surface area (Å²) in [6, 6.07) is 7.47. The smallest absolute Gasteiger partial charge is 0.0840 e. The fourth-order valence-corrected chi connectivity index (χ4v) is 1.15. The predicted octanol–water partition coefficient (Wildman–Crippen LogP) is 1.39. The van der Waals surface area contributed by atoms with Gasteiger partial charge in [-0.1, -0.05) is 24.3 Å². The Morgan fingerprint density at radius 1 is 1.38 bits per heavy atom. The van der Waals surface area contributed by atoms with Crippen molar-refractivity contribution in [3.63, 3.8) is 0 Å². The molecule has 13 heavy (non-hydrogen) atoms. The molecular weight excluding hydrogens is 166 g/mol. The van der Waals surface area contributed by atoms with E-state index in [1.807, 2.05) is 24.3 Å². The molecule has 0 radical (unpaired) electrons. The summed E-state index contributed by atoms with van der Waals surface area (Å²) in [6.07, 6.45) is 0. The van der Waals surface area contributed by atoms with Gasteiger partial charge in [0.2, 0.25) is 0 Å². The molecule has 0 spiro atoms. The van der Waals surface area contributed by atoms with Crippen molar-refractivity contribution in [2.24, 2.45) is 0 Å². The van der Waals surface area contributed by atoms with Crippen molar-refractivity contribution in [1.29, 1.82) is 0 Å². The molecule has 0 bridgehead atoms. The molecule has 0 amide bonds. The van der Waals surface area contributed by atoms with E-state index in [4.69, 9.17) is 5.21 Å².